The first-order valence-electron chi connectivity index (χ1n) is 7.52. The molecule has 1 N–H and O–H groups in total. The fourth-order valence-corrected chi connectivity index (χ4v) is 2.52. The maximum atomic E-state index is 13.2. The second kappa shape index (κ2) is 6.61. The molecule has 0 unspecified atom stereocenters. The lowest BCUT2D eigenvalue weighted by Gasteiger charge is -2.09. The average Bonchev–Trinajstić information content (AvgIpc) is 3.17. The third-order valence-corrected chi connectivity index (χ3v) is 3.62. The van der Waals surface area contributed by atoms with Gasteiger partial charge in [0.2, 0.25) is 5.91 Å². The number of carbonyl (C=O) groups is 1. The van der Waals surface area contributed by atoms with Gasteiger partial charge in [0.15, 0.2) is 0 Å². The molecular weight excluding hydrogens is 311 g/mol. The zero-order valence-corrected chi connectivity index (χ0v) is 13.4. The summed E-state index contributed by atoms with van der Waals surface area (Å²) in [5.74, 6) is 0.0237. The number of benzene rings is 1. The van der Waals surface area contributed by atoms with Gasteiger partial charge in [-0.05, 0) is 24.1 Å². The predicted molar refractivity (Wildman–Crippen MR) is 86.6 cm³/mol. The zero-order valence-electron chi connectivity index (χ0n) is 13.4. The molecule has 24 heavy (non-hydrogen) atoms. The highest BCUT2D eigenvalue weighted by Gasteiger charge is 2.19. The van der Waals surface area contributed by atoms with E-state index in [0.29, 0.717) is 12.2 Å². The highest BCUT2D eigenvalue weighted by Crippen LogP contribution is 2.32. The molecule has 0 saturated carbocycles. The van der Waals surface area contributed by atoms with Crippen LogP contribution in [0.1, 0.15) is 12.6 Å². The van der Waals surface area contributed by atoms with Crippen molar-refractivity contribution in [2.45, 2.75) is 19.9 Å². The Bertz CT molecular complexity index is 838. The van der Waals surface area contributed by atoms with Crippen LogP contribution in [0.15, 0.2) is 36.9 Å². The van der Waals surface area contributed by atoms with Gasteiger partial charge in [0.05, 0.1) is 5.69 Å². The van der Waals surface area contributed by atoms with Crippen LogP contribution in [0.2, 0.25) is 0 Å². The first-order valence-corrected chi connectivity index (χ1v) is 7.52. The largest absolute Gasteiger partial charge is 0.309 e. The number of hydrogen-bond acceptors (Lipinski definition) is 4. The summed E-state index contributed by atoms with van der Waals surface area (Å²) in [6, 6.07) is 6.14. The van der Waals surface area contributed by atoms with Crippen molar-refractivity contribution in [1.82, 2.24) is 24.5 Å². The van der Waals surface area contributed by atoms with Crippen molar-refractivity contribution >= 4 is 11.7 Å². The van der Waals surface area contributed by atoms with Crippen LogP contribution in [0.4, 0.5) is 10.2 Å². The molecule has 2 aromatic heterocycles. The molecule has 0 aliphatic carbocycles. The van der Waals surface area contributed by atoms with E-state index in [-0.39, 0.29) is 18.3 Å². The van der Waals surface area contributed by atoms with Gasteiger partial charge in [-0.1, -0.05) is 19.1 Å². The predicted octanol–water partition coefficient (Wildman–Crippen LogP) is 2.02. The molecule has 2 heterocycles. The van der Waals surface area contributed by atoms with Crippen LogP contribution in [-0.2, 0) is 24.8 Å². The van der Waals surface area contributed by atoms with Crippen LogP contribution in [0.5, 0.6) is 0 Å². The molecule has 0 radical (unpaired) electrons. The molecule has 0 atom stereocenters. The van der Waals surface area contributed by atoms with Crippen molar-refractivity contribution in [3.05, 3.63) is 48.4 Å². The summed E-state index contributed by atoms with van der Waals surface area (Å²) in [4.78, 5) is 16.1. The summed E-state index contributed by atoms with van der Waals surface area (Å²) in [7, 11) is 1.76. The molecule has 0 bridgehead atoms. The van der Waals surface area contributed by atoms with Gasteiger partial charge in [0.1, 0.15) is 30.8 Å². The van der Waals surface area contributed by atoms with Crippen molar-refractivity contribution in [2.75, 3.05) is 5.32 Å². The summed E-state index contributed by atoms with van der Waals surface area (Å²) in [5.41, 5.74) is 2.43. The standard InChI is InChI=1S/C16H17FN6O/c1-3-13-15(11-4-6-12(17)7-5-11)16(22(2)21-13)20-14(24)8-23-10-18-9-19-23/h4-7,9-10H,3,8H2,1-2H3,(H,20,24). The normalized spacial score (nSPS) is 10.8. The maximum Gasteiger partial charge on any atom is 0.247 e. The van der Waals surface area contributed by atoms with Crippen molar-refractivity contribution in [3.8, 4) is 11.1 Å². The molecule has 0 aliphatic heterocycles. The number of halogens is 1. The summed E-state index contributed by atoms with van der Waals surface area (Å²) in [5, 5.41) is 11.2. The van der Waals surface area contributed by atoms with Gasteiger partial charge in [0, 0.05) is 12.6 Å². The minimum absolute atomic E-state index is 0.0511. The number of hydrogen-bond donors (Lipinski definition) is 1. The van der Waals surface area contributed by atoms with Crippen molar-refractivity contribution < 1.29 is 9.18 Å². The fraction of sp³-hybridized carbons (Fsp3) is 0.250. The van der Waals surface area contributed by atoms with E-state index in [1.807, 2.05) is 6.92 Å². The first kappa shape index (κ1) is 15.9. The monoisotopic (exact) mass is 328 g/mol. The Balaban J connectivity index is 1.93. The van der Waals surface area contributed by atoms with Gasteiger partial charge in [0.25, 0.3) is 0 Å². The second-order valence-electron chi connectivity index (χ2n) is 5.30. The third-order valence-electron chi connectivity index (χ3n) is 3.62. The van der Waals surface area contributed by atoms with E-state index in [9.17, 15) is 9.18 Å². The smallest absolute Gasteiger partial charge is 0.247 e. The Kier molecular flexibility index (Phi) is 4.37. The number of amides is 1. The molecule has 7 nitrogen and oxygen atoms in total. The van der Waals surface area contributed by atoms with Gasteiger partial charge in [-0.25, -0.2) is 14.1 Å². The Morgan fingerprint density at radius 1 is 1.29 bits per heavy atom. The molecule has 3 aromatic rings. The van der Waals surface area contributed by atoms with E-state index in [2.05, 4.69) is 20.5 Å². The van der Waals surface area contributed by atoms with E-state index in [1.54, 1.807) is 23.9 Å². The Morgan fingerprint density at radius 2 is 2.04 bits per heavy atom. The van der Waals surface area contributed by atoms with Crippen LogP contribution < -0.4 is 5.32 Å². The average molecular weight is 328 g/mol. The lowest BCUT2D eigenvalue weighted by molar-refractivity contribution is -0.116. The van der Waals surface area contributed by atoms with Gasteiger partial charge in [-0.15, -0.1) is 0 Å². The molecule has 0 aliphatic rings. The summed E-state index contributed by atoms with van der Waals surface area (Å²) < 4.78 is 16.3. The van der Waals surface area contributed by atoms with Crippen LogP contribution >= 0.6 is 0 Å². The van der Waals surface area contributed by atoms with E-state index < -0.39 is 0 Å². The van der Waals surface area contributed by atoms with Crippen LogP contribution in [-0.4, -0.2) is 30.5 Å². The molecule has 124 valence electrons. The molecule has 0 fully saturated rings. The molecule has 3 rings (SSSR count). The molecular formula is C16H17FN6O. The molecule has 1 amide bonds. The van der Waals surface area contributed by atoms with Gasteiger partial charge in [-0.2, -0.15) is 10.2 Å². The topological polar surface area (TPSA) is 77.6 Å². The fourth-order valence-electron chi connectivity index (χ4n) is 2.52. The van der Waals surface area contributed by atoms with Gasteiger partial charge in [-0.3, -0.25) is 9.48 Å². The SMILES string of the molecule is CCc1nn(C)c(NC(=O)Cn2cncn2)c1-c1ccc(F)cc1. The third kappa shape index (κ3) is 3.17. The van der Waals surface area contributed by atoms with Crippen molar-refractivity contribution in [1.29, 1.82) is 0 Å². The van der Waals surface area contributed by atoms with Crippen LogP contribution in [0, 0.1) is 5.82 Å². The second-order valence-corrected chi connectivity index (χ2v) is 5.30. The Morgan fingerprint density at radius 3 is 2.67 bits per heavy atom. The number of aryl methyl sites for hydroxylation is 2. The van der Waals surface area contributed by atoms with E-state index in [1.165, 1.54) is 29.5 Å². The van der Waals surface area contributed by atoms with E-state index >= 15 is 0 Å². The molecule has 0 saturated heterocycles. The number of aromatic nitrogens is 5. The molecule has 1 aromatic carbocycles. The van der Waals surface area contributed by atoms with E-state index in [0.717, 1.165) is 16.8 Å². The number of nitrogens with zero attached hydrogens (tertiary/aromatic N) is 5. The maximum absolute atomic E-state index is 13.2. The molecule has 0 spiro atoms. The Labute approximate surface area is 138 Å². The van der Waals surface area contributed by atoms with Crippen molar-refractivity contribution in [2.24, 2.45) is 7.05 Å². The van der Waals surface area contributed by atoms with Crippen molar-refractivity contribution in [3.63, 3.8) is 0 Å². The number of anilines is 1. The first-order chi connectivity index (χ1) is 11.6. The highest BCUT2D eigenvalue weighted by atomic mass is 19.1. The van der Waals surface area contributed by atoms with E-state index in [4.69, 9.17) is 0 Å². The summed E-state index contributed by atoms with van der Waals surface area (Å²) in [6.07, 6.45) is 3.54. The lowest BCUT2D eigenvalue weighted by atomic mass is 10.0. The number of rotatable bonds is 5. The number of nitrogens with one attached hydrogen (secondary N) is 1. The summed E-state index contributed by atoms with van der Waals surface area (Å²) in [6.45, 7) is 2.03. The highest BCUT2D eigenvalue weighted by molar-refractivity contribution is 5.94. The Hall–Kier alpha value is -3.03. The minimum Gasteiger partial charge on any atom is -0.309 e. The quantitative estimate of drug-likeness (QED) is 0.777. The molecule has 8 heteroatoms. The van der Waals surface area contributed by atoms with Gasteiger partial charge >= 0.3 is 0 Å². The zero-order chi connectivity index (χ0) is 17.1. The lowest BCUT2D eigenvalue weighted by Crippen LogP contribution is -2.21. The van der Waals surface area contributed by atoms with Crippen LogP contribution in [0.25, 0.3) is 11.1 Å². The number of carbonyl (C=O) groups excluding carboxylic acids is 1. The van der Waals surface area contributed by atoms with Gasteiger partial charge < -0.3 is 5.32 Å². The minimum atomic E-state index is -0.308. The van der Waals surface area contributed by atoms with Crippen LogP contribution in [0.3, 0.4) is 0 Å². The summed E-state index contributed by atoms with van der Waals surface area (Å²) >= 11 is 0.